The summed E-state index contributed by atoms with van der Waals surface area (Å²) in [5, 5.41) is 32.7. The fraction of sp³-hybridized carbons (Fsp3) is 0.134. The molecule has 0 aliphatic carbocycles. The Morgan fingerprint density at radius 2 is 0.878 bits per heavy atom. The van der Waals surface area contributed by atoms with Crippen molar-refractivity contribution in [3.8, 4) is 51.8 Å². The Morgan fingerprint density at radius 3 is 1.35 bits per heavy atom. The van der Waals surface area contributed by atoms with Gasteiger partial charge in [-0.05, 0) is 118 Å². The predicted molar refractivity (Wildman–Crippen MR) is 331 cm³/mol. The summed E-state index contributed by atoms with van der Waals surface area (Å²) in [5.41, 5.74) is 18.4. The zero-order valence-corrected chi connectivity index (χ0v) is 48.7. The lowest BCUT2D eigenvalue weighted by Gasteiger charge is -2.16. The van der Waals surface area contributed by atoms with Gasteiger partial charge < -0.3 is 5.73 Å². The van der Waals surface area contributed by atoms with Crippen LogP contribution in [-0.4, -0.2) is 45.7 Å². The third-order valence-corrected chi connectivity index (χ3v) is 15.4. The van der Waals surface area contributed by atoms with Crippen molar-refractivity contribution in [1.82, 2.24) is 39.9 Å². The van der Waals surface area contributed by atoms with Crippen LogP contribution in [0.15, 0.2) is 192 Å². The summed E-state index contributed by atoms with van der Waals surface area (Å²) in [6.45, 7) is 11.4. The molecular weight excluding hydrogens is 1150 g/mol. The first-order valence-corrected chi connectivity index (χ1v) is 27.6. The number of nitrogens with zero attached hydrogens (tertiary/aromatic N) is 11. The first-order chi connectivity index (χ1) is 39.4. The van der Waals surface area contributed by atoms with Crippen LogP contribution in [0.4, 0.5) is 5.69 Å². The summed E-state index contributed by atoms with van der Waals surface area (Å²) < 4.78 is 1.84. The van der Waals surface area contributed by atoms with Crippen LogP contribution in [0.2, 0.25) is 0 Å². The minimum absolute atomic E-state index is 0.163. The third kappa shape index (κ3) is 11.2. The van der Waals surface area contributed by atoms with Crippen LogP contribution >= 0.6 is 31.9 Å². The number of rotatable bonds is 8. The number of aromatic nitrogens is 8. The molecule has 6 aromatic carbocycles. The number of nitrogen functional groups attached to an aromatic ring is 1. The summed E-state index contributed by atoms with van der Waals surface area (Å²) in [5.74, 6) is -0.163. The first kappa shape index (κ1) is 55.6. The number of carbonyl (C=O) groups excluding carboxylic acids is 1. The van der Waals surface area contributed by atoms with Crippen molar-refractivity contribution < 1.29 is 4.79 Å². The van der Waals surface area contributed by atoms with E-state index in [0.29, 0.717) is 27.7 Å². The SMILES string of the molecule is CC(C)(C#N)c1ccc(-c2ncnc3cnc4ccc(-c5cccnc5)cc4c23)cc1.CC(C)(C#N)c1ccc(-c2ncnc3cnc4ccc(Br)cc4c23)cc1.CC(C)(C#N)c1ccc(C(=O)c2c(N)cnc3ccc(Br)cc23)cc1. The van der Waals surface area contributed by atoms with E-state index < -0.39 is 16.2 Å². The molecule has 12 rings (SSSR count). The van der Waals surface area contributed by atoms with Crippen LogP contribution in [0.25, 0.3) is 88.2 Å². The molecule has 82 heavy (non-hydrogen) atoms. The van der Waals surface area contributed by atoms with E-state index in [4.69, 9.17) is 5.73 Å². The van der Waals surface area contributed by atoms with Gasteiger partial charge in [0.1, 0.15) is 12.7 Å². The van der Waals surface area contributed by atoms with Gasteiger partial charge in [0.05, 0.1) is 103 Å². The van der Waals surface area contributed by atoms with Gasteiger partial charge in [-0.2, -0.15) is 15.8 Å². The van der Waals surface area contributed by atoms with Gasteiger partial charge in [0.15, 0.2) is 5.78 Å². The second-order valence-corrected chi connectivity index (χ2v) is 23.0. The Kier molecular flexibility index (Phi) is 15.5. The third-order valence-electron chi connectivity index (χ3n) is 14.4. The number of hydrogen-bond donors (Lipinski definition) is 1. The monoisotopic (exact) mass is 1200 g/mol. The average molecular weight is 1200 g/mol. The quantitative estimate of drug-likeness (QED) is 0.111. The van der Waals surface area contributed by atoms with Gasteiger partial charge in [0.2, 0.25) is 0 Å². The van der Waals surface area contributed by atoms with E-state index in [1.807, 2.05) is 163 Å². The molecule has 0 unspecified atom stereocenters. The molecule has 13 nitrogen and oxygen atoms in total. The Morgan fingerprint density at radius 1 is 0.451 bits per heavy atom. The number of fused-ring (bicyclic) bond motifs is 7. The molecule has 15 heteroatoms. The maximum Gasteiger partial charge on any atom is 0.195 e. The van der Waals surface area contributed by atoms with E-state index >= 15 is 0 Å². The molecule has 6 heterocycles. The Bertz CT molecular complexity index is 4560. The van der Waals surface area contributed by atoms with Gasteiger partial charge in [0, 0.05) is 70.5 Å². The number of nitriles is 3. The van der Waals surface area contributed by atoms with Crippen molar-refractivity contribution in [1.29, 1.82) is 15.8 Å². The molecule has 0 atom stereocenters. The van der Waals surface area contributed by atoms with E-state index in [1.54, 1.807) is 43.4 Å². The summed E-state index contributed by atoms with van der Waals surface area (Å²) >= 11 is 6.96. The number of anilines is 1. The number of benzene rings is 6. The molecule has 0 amide bonds. The molecule has 2 N–H and O–H groups in total. The summed E-state index contributed by atoms with van der Waals surface area (Å²) in [7, 11) is 0. The summed E-state index contributed by atoms with van der Waals surface area (Å²) in [6, 6.07) is 51.8. The van der Waals surface area contributed by atoms with Gasteiger partial charge >= 0.3 is 0 Å². The smallest absolute Gasteiger partial charge is 0.195 e. The van der Waals surface area contributed by atoms with Gasteiger partial charge in [-0.1, -0.05) is 117 Å². The molecule has 0 bridgehead atoms. The first-order valence-electron chi connectivity index (χ1n) is 26.0. The molecular formula is C67H50Br2N12O. The molecule has 0 spiro atoms. The Balaban J connectivity index is 0.000000139. The topological polar surface area (TPSA) is 218 Å². The Hall–Kier alpha value is -9.72. The minimum atomic E-state index is -0.602. The molecule has 0 saturated carbocycles. The maximum atomic E-state index is 13.0. The molecule has 0 aliphatic heterocycles. The number of halogens is 2. The number of hydrogen-bond acceptors (Lipinski definition) is 13. The largest absolute Gasteiger partial charge is 0.397 e. The standard InChI is InChI=1S/C26H19N5.C21H15BrN4.C20H16BrN3O/c1-26(2,15-27)20-8-5-17(6-9-20)25-24-21-12-18(19-4-3-11-28-13-19)7-10-22(21)29-14-23(24)30-16-31-25;1-21(2,11-23)14-5-3-13(4-6-14)20-19-16-9-15(22)7-8-17(16)24-10-18(19)25-12-26-20;1-20(2,11-22)13-5-3-12(4-6-13)19(25)18-15-9-14(21)7-8-17(15)24-10-16(18)23/h3-14,16H,1-2H3;3-10,12H,1-2H3;3-10H,23H2,1-2H3. The second-order valence-electron chi connectivity index (χ2n) is 21.1. The second kappa shape index (κ2) is 22.8. The lowest BCUT2D eigenvalue weighted by Crippen LogP contribution is -2.14. The van der Waals surface area contributed by atoms with E-state index in [0.717, 1.165) is 103 Å². The maximum absolute atomic E-state index is 13.0. The normalized spacial score (nSPS) is 11.5. The molecule has 0 aliphatic rings. The van der Waals surface area contributed by atoms with Crippen molar-refractivity contribution in [2.45, 2.75) is 57.8 Å². The average Bonchev–Trinajstić information content (AvgIpc) is 3.60. The van der Waals surface area contributed by atoms with Crippen molar-refractivity contribution in [2.75, 3.05) is 5.73 Å². The molecule has 6 aromatic heterocycles. The highest BCUT2D eigenvalue weighted by Gasteiger charge is 2.24. The molecule has 0 saturated heterocycles. The molecule has 398 valence electrons. The molecule has 0 fully saturated rings. The van der Waals surface area contributed by atoms with Gasteiger partial charge in [-0.25, -0.2) is 19.9 Å². The van der Waals surface area contributed by atoms with E-state index in [2.05, 4.69) is 102 Å². The Labute approximate surface area is 490 Å². The lowest BCUT2D eigenvalue weighted by atomic mass is 9.85. The number of carbonyl (C=O) groups is 1. The van der Waals surface area contributed by atoms with Crippen molar-refractivity contribution in [3.05, 3.63) is 220 Å². The predicted octanol–water partition coefficient (Wildman–Crippen LogP) is 15.7. The van der Waals surface area contributed by atoms with E-state index in [-0.39, 0.29) is 5.78 Å². The minimum Gasteiger partial charge on any atom is -0.397 e. The van der Waals surface area contributed by atoms with Crippen LogP contribution in [0.3, 0.4) is 0 Å². The fourth-order valence-corrected chi connectivity index (χ4v) is 10.2. The molecule has 0 radical (unpaired) electrons. The number of nitrogens with two attached hydrogens (primary N) is 1. The van der Waals surface area contributed by atoms with Crippen molar-refractivity contribution in [3.63, 3.8) is 0 Å². The van der Waals surface area contributed by atoms with Gasteiger partial charge in [0.25, 0.3) is 0 Å². The molecule has 12 aromatic rings. The van der Waals surface area contributed by atoms with Crippen molar-refractivity contribution in [2.24, 2.45) is 0 Å². The summed E-state index contributed by atoms with van der Waals surface area (Å²) in [4.78, 5) is 48.7. The highest BCUT2D eigenvalue weighted by Crippen LogP contribution is 2.37. The van der Waals surface area contributed by atoms with Crippen molar-refractivity contribution >= 4 is 97.8 Å². The highest BCUT2D eigenvalue weighted by molar-refractivity contribution is 9.10. The van der Waals surface area contributed by atoms with Gasteiger partial charge in [-0.3, -0.25) is 24.7 Å². The van der Waals surface area contributed by atoms with Gasteiger partial charge in [-0.15, -0.1) is 0 Å². The fourth-order valence-electron chi connectivity index (χ4n) is 9.51. The van der Waals surface area contributed by atoms with E-state index in [1.165, 1.54) is 6.20 Å². The highest BCUT2D eigenvalue weighted by atomic mass is 79.9. The van der Waals surface area contributed by atoms with Crippen LogP contribution in [0.1, 0.15) is 74.2 Å². The van der Waals surface area contributed by atoms with Crippen LogP contribution in [0.5, 0.6) is 0 Å². The van der Waals surface area contributed by atoms with Crippen LogP contribution in [-0.2, 0) is 16.2 Å². The number of pyridine rings is 4. The van der Waals surface area contributed by atoms with E-state index in [9.17, 15) is 20.6 Å². The number of ketones is 1. The van der Waals surface area contributed by atoms with Crippen LogP contribution < -0.4 is 5.73 Å². The zero-order valence-electron chi connectivity index (χ0n) is 45.5. The van der Waals surface area contributed by atoms with Crippen LogP contribution in [0, 0.1) is 34.0 Å². The summed E-state index contributed by atoms with van der Waals surface area (Å²) in [6.07, 6.45) is 11.8. The zero-order chi connectivity index (χ0) is 57.9. The lowest BCUT2D eigenvalue weighted by molar-refractivity contribution is 0.104.